The Kier molecular flexibility index (Phi) is 10.6. The van der Waals surface area contributed by atoms with Gasteiger partial charge in [0.05, 0.1) is 11.1 Å². The highest BCUT2D eigenvalue weighted by Crippen LogP contribution is 2.55. The summed E-state index contributed by atoms with van der Waals surface area (Å²) in [4.78, 5) is 16.4. The Hall–Kier alpha value is -2.85. The highest BCUT2D eigenvalue weighted by atomic mass is 35.5. The van der Waals surface area contributed by atoms with Crippen molar-refractivity contribution in [1.82, 2.24) is 14.6 Å². The first-order chi connectivity index (χ1) is 21.8. The smallest absolute Gasteiger partial charge is 0.407 e. The number of nitrogens with zero attached hydrogens (tertiary/aromatic N) is 2. The van der Waals surface area contributed by atoms with Gasteiger partial charge < -0.3 is 14.8 Å². The van der Waals surface area contributed by atoms with Crippen LogP contribution in [-0.2, 0) is 26.6 Å². The summed E-state index contributed by atoms with van der Waals surface area (Å²) < 4.78 is 39.9. The van der Waals surface area contributed by atoms with Crippen molar-refractivity contribution < 1.29 is 22.7 Å². The summed E-state index contributed by atoms with van der Waals surface area (Å²) in [6.07, 6.45) is 10.3. The molecule has 46 heavy (non-hydrogen) atoms. The number of carbonyl (C=O) groups excluding carboxylic acids is 1. The second-order valence-corrected chi connectivity index (χ2v) is 16.2. The lowest BCUT2D eigenvalue weighted by Crippen LogP contribution is -2.33. The number of sulfonamides is 1. The molecule has 2 aliphatic carbocycles. The summed E-state index contributed by atoms with van der Waals surface area (Å²) in [7, 11) is -2.34. The molecule has 2 aliphatic rings. The second kappa shape index (κ2) is 14.1. The van der Waals surface area contributed by atoms with Crippen LogP contribution in [0.4, 0.5) is 4.79 Å². The molecule has 0 radical (unpaired) electrons. The van der Waals surface area contributed by atoms with Crippen LogP contribution in [0.2, 0.25) is 10.0 Å². The van der Waals surface area contributed by atoms with Gasteiger partial charge in [-0.05, 0) is 119 Å². The third-order valence-electron chi connectivity index (χ3n) is 8.47. The number of hydrogen-bond acceptors (Lipinski definition) is 6. The Morgan fingerprint density at radius 2 is 1.80 bits per heavy atom. The number of hydrogen-bond donors (Lipinski definition) is 1. The van der Waals surface area contributed by atoms with Crippen LogP contribution in [0.25, 0.3) is 11.1 Å². The third kappa shape index (κ3) is 8.54. The maximum atomic E-state index is 13.6. The zero-order valence-electron chi connectivity index (χ0n) is 26.9. The number of amides is 1. The topological polar surface area (TPSA) is 97.8 Å². The maximum Gasteiger partial charge on any atom is 0.407 e. The molecule has 0 saturated heterocycles. The number of carbonyl (C=O) groups is 1. The van der Waals surface area contributed by atoms with Gasteiger partial charge >= 0.3 is 6.09 Å². The van der Waals surface area contributed by atoms with Crippen LogP contribution in [-0.4, -0.2) is 55.6 Å². The highest BCUT2D eigenvalue weighted by Gasteiger charge is 2.45. The Labute approximate surface area is 282 Å². The molecule has 2 fully saturated rings. The molecule has 0 aliphatic heterocycles. The maximum absolute atomic E-state index is 13.6. The van der Waals surface area contributed by atoms with Crippen molar-refractivity contribution in [2.24, 2.45) is 0 Å². The summed E-state index contributed by atoms with van der Waals surface area (Å²) in [5.41, 5.74) is 3.46. The van der Waals surface area contributed by atoms with E-state index in [-0.39, 0.29) is 21.9 Å². The molecule has 3 aromatic rings. The molecule has 1 heterocycles. The lowest BCUT2D eigenvalue weighted by atomic mass is 9.85. The van der Waals surface area contributed by atoms with Crippen molar-refractivity contribution in [3.8, 4) is 16.9 Å². The molecule has 5 rings (SSSR count). The van der Waals surface area contributed by atoms with E-state index in [0.29, 0.717) is 36.9 Å². The summed E-state index contributed by atoms with van der Waals surface area (Å²) in [6.45, 7) is 6.05. The lowest BCUT2D eigenvalue weighted by Gasteiger charge is -2.22. The number of unbranched alkanes of at least 4 members (excludes halogenated alkanes) is 1. The number of ether oxygens (including phenoxy) is 2. The normalized spacial score (nSPS) is 15.9. The Morgan fingerprint density at radius 3 is 2.50 bits per heavy atom. The molecule has 0 atom stereocenters. The second-order valence-electron chi connectivity index (χ2n) is 13.4. The van der Waals surface area contributed by atoms with E-state index < -0.39 is 21.7 Å². The first-order valence-corrected chi connectivity index (χ1v) is 18.1. The number of pyridine rings is 1. The monoisotopic (exact) mass is 687 g/mol. The fourth-order valence-electron chi connectivity index (χ4n) is 5.60. The number of rotatable bonds is 14. The van der Waals surface area contributed by atoms with Crippen molar-refractivity contribution in [2.45, 2.75) is 94.2 Å². The van der Waals surface area contributed by atoms with Crippen LogP contribution < -0.4 is 10.1 Å². The fourth-order valence-corrected chi connectivity index (χ4v) is 7.67. The molecule has 1 aromatic heterocycles. The van der Waals surface area contributed by atoms with Crippen LogP contribution in [0.5, 0.6) is 5.75 Å². The molecule has 0 unspecified atom stereocenters. The summed E-state index contributed by atoms with van der Waals surface area (Å²) in [5, 5.41) is 3.24. The number of aryl methyl sites for hydroxylation is 1. The third-order valence-corrected chi connectivity index (χ3v) is 11.1. The van der Waals surface area contributed by atoms with Crippen LogP contribution in [0.15, 0.2) is 59.8 Å². The van der Waals surface area contributed by atoms with E-state index in [1.54, 1.807) is 26.8 Å². The van der Waals surface area contributed by atoms with E-state index in [9.17, 15) is 13.2 Å². The molecule has 11 heteroatoms. The van der Waals surface area contributed by atoms with Gasteiger partial charge in [0.25, 0.3) is 0 Å². The predicted octanol–water partition coefficient (Wildman–Crippen LogP) is 8.19. The predicted molar refractivity (Wildman–Crippen MR) is 182 cm³/mol. The Bertz CT molecular complexity index is 1670. The van der Waals surface area contributed by atoms with Gasteiger partial charge in [0.2, 0.25) is 10.0 Å². The SMILES string of the molecule is CN(CCCCNC(=O)OC(C)(C)C)S(=O)(=O)c1cc(CCC2(c3cnccc3-c3ccccc3OC3CC3)CC2)c(Cl)cc1Cl. The largest absolute Gasteiger partial charge is 0.490 e. The van der Waals surface area contributed by atoms with Gasteiger partial charge in [-0.3, -0.25) is 4.98 Å². The van der Waals surface area contributed by atoms with E-state index in [1.165, 1.54) is 23.0 Å². The number of halogens is 2. The van der Waals surface area contributed by atoms with E-state index in [4.69, 9.17) is 32.7 Å². The van der Waals surface area contributed by atoms with Crippen molar-refractivity contribution in [3.05, 3.63) is 76.0 Å². The van der Waals surface area contributed by atoms with Crippen LogP contribution in [0, 0.1) is 0 Å². The van der Waals surface area contributed by atoms with Gasteiger partial charge in [0.1, 0.15) is 16.2 Å². The number of benzene rings is 2. The van der Waals surface area contributed by atoms with Crippen molar-refractivity contribution in [2.75, 3.05) is 20.1 Å². The van der Waals surface area contributed by atoms with Gasteiger partial charge in [-0.15, -0.1) is 0 Å². The molecular formula is C35H43Cl2N3O5S. The molecule has 1 N–H and O–H groups in total. The molecule has 8 nitrogen and oxygen atoms in total. The minimum Gasteiger partial charge on any atom is -0.490 e. The molecule has 2 saturated carbocycles. The minimum absolute atomic E-state index is 0.0426. The summed E-state index contributed by atoms with van der Waals surface area (Å²) in [6, 6.07) is 13.4. The van der Waals surface area contributed by atoms with E-state index >= 15 is 0 Å². The van der Waals surface area contributed by atoms with Crippen molar-refractivity contribution in [3.63, 3.8) is 0 Å². The summed E-state index contributed by atoms with van der Waals surface area (Å²) in [5.74, 6) is 0.896. The quantitative estimate of drug-likeness (QED) is 0.172. The Morgan fingerprint density at radius 1 is 1.07 bits per heavy atom. The first kappa shape index (κ1) is 34.5. The zero-order chi connectivity index (χ0) is 33.1. The molecule has 0 bridgehead atoms. The van der Waals surface area contributed by atoms with Crippen LogP contribution in [0.3, 0.4) is 0 Å². The van der Waals surface area contributed by atoms with Gasteiger partial charge in [-0.2, -0.15) is 0 Å². The Balaban J connectivity index is 1.26. The molecule has 248 valence electrons. The number of alkyl carbamates (subject to hydrolysis) is 1. The minimum atomic E-state index is -3.87. The first-order valence-electron chi connectivity index (χ1n) is 15.9. The van der Waals surface area contributed by atoms with E-state index in [1.807, 2.05) is 30.6 Å². The standard InChI is InChI=1S/C35H43Cl2N3O5S/c1-34(2,3)45-33(41)39-18-7-8-20-40(4)46(42,43)32-21-24(29(36)22-30(32)37)13-15-35(16-17-35)28-23-38-19-14-26(28)27-9-5-6-10-31(27)44-25-11-12-25/h5-6,9-10,14,19,21-23,25H,7-8,11-13,15-18,20H2,1-4H3,(H,39,41). The molecule has 2 aromatic carbocycles. The van der Waals surface area contributed by atoms with Gasteiger partial charge in [-0.25, -0.2) is 17.5 Å². The molecule has 0 spiro atoms. The average molecular weight is 689 g/mol. The number of para-hydroxylation sites is 1. The zero-order valence-corrected chi connectivity index (χ0v) is 29.3. The fraction of sp³-hybridized carbons (Fsp3) is 0.486. The van der Waals surface area contributed by atoms with Gasteiger partial charge in [0, 0.05) is 43.1 Å². The summed E-state index contributed by atoms with van der Waals surface area (Å²) >= 11 is 13.1. The highest BCUT2D eigenvalue weighted by molar-refractivity contribution is 7.89. The van der Waals surface area contributed by atoms with Crippen molar-refractivity contribution >= 4 is 39.3 Å². The molecular weight excluding hydrogens is 645 g/mol. The van der Waals surface area contributed by atoms with E-state index in [2.05, 4.69) is 22.4 Å². The van der Waals surface area contributed by atoms with Gasteiger partial charge in [-0.1, -0.05) is 41.4 Å². The number of aromatic nitrogens is 1. The number of nitrogens with one attached hydrogen (secondary N) is 1. The van der Waals surface area contributed by atoms with Gasteiger partial charge in [0.15, 0.2) is 0 Å². The lowest BCUT2D eigenvalue weighted by molar-refractivity contribution is 0.0527. The van der Waals surface area contributed by atoms with E-state index in [0.717, 1.165) is 54.5 Å². The average Bonchev–Trinajstić information content (AvgIpc) is 3.93. The van der Waals surface area contributed by atoms with Crippen LogP contribution in [0.1, 0.15) is 76.8 Å². The molecule has 1 amide bonds. The van der Waals surface area contributed by atoms with Crippen molar-refractivity contribution in [1.29, 1.82) is 0 Å². The van der Waals surface area contributed by atoms with Crippen LogP contribution >= 0.6 is 23.2 Å².